The molecule has 0 fully saturated rings. The minimum atomic E-state index is 0.523. The third-order valence-corrected chi connectivity index (χ3v) is 5.27. The Morgan fingerprint density at radius 2 is 1.78 bits per heavy atom. The molecule has 5 aromatic rings. The summed E-state index contributed by atoms with van der Waals surface area (Å²) in [4.78, 5) is 9.27. The molecule has 3 N–H and O–H groups in total. The highest BCUT2D eigenvalue weighted by molar-refractivity contribution is 7.17. The molecule has 0 saturated carbocycles. The van der Waals surface area contributed by atoms with E-state index >= 15 is 0 Å². The van der Waals surface area contributed by atoms with Gasteiger partial charge in [0.25, 0.3) is 0 Å². The summed E-state index contributed by atoms with van der Waals surface area (Å²) in [7, 11) is 0. The van der Waals surface area contributed by atoms with Crippen molar-refractivity contribution in [3.8, 4) is 0 Å². The molecular formula is C19H13ClN6S. The third-order valence-electron chi connectivity index (χ3n) is 4.11. The van der Waals surface area contributed by atoms with Gasteiger partial charge in [0.2, 0.25) is 5.95 Å². The standard InChI is InChI=1S/C19H13ClN6S/c20-12-1-3-13(4-2-12)23-19-24-16-7-8-27-17(16)18(25-19)22-14-5-6-15-11(9-14)10-21-26-15/h1-10H,(H,21,26)(H2,22,23,24,25). The van der Waals surface area contributed by atoms with E-state index in [4.69, 9.17) is 11.6 Å². The van der Waals surface area contributed by atoms with Gasteiger partial charge in [-0.05, 0) is 53.9 Å². The van der Waals surface area contributed by atoms with Crippen LogP contribution in [0, 0.1) is 0 Å². The summed E-state index contributed by atoms with van der Waals surface area (Å²) in [6, 6.07) is 15.4. The largest absolute Gasteiger partial charge is 0.339 e. The van der Waals surface area contributed by atoms with E-state index in [1.807, 2.05) is 53.9 Å². The van der Waals surface area contributed by atoms with Crippen LogP contribution in [0.25, 0.3) is 21.1 Å². The highest BCUT2D eigenvalue weighted by Gasteiger charge is 2.10. The topological polar surface area (TPSA) is 78.5 Å². The van der Waals surface area contributed by atoms with Gasteiger partial charge >= 0.3 is 0 Å². The van der Waals surface area contributed by atoms with Crippen LogP contribution in [0.15, 0.2) is 60.1 Å². The molecule has 27 heavy (non-hydrogen) atoms. The molecule has 0 saturated heterocycles. The molecule has 0 aliphatic heterocycles. The lowest BCUT2D eigenvalue weighted by atomic mass is 10.2. The number of benzene rings is 2. The average Bonchev–Trinajstić information content (AvgIpc) is 3.32. The molecule has 6 nitrogen and oxygen atoms in total. The number of aromatic amines is 1. The Kier molecular flexibility index (Phi) is 3.88. The predicted molar refractivity (Wildman–Crippen MR) is 112 cm³/mol. The lowest BCUT2D eigenvalue weighted by Gasteiger charge is -2.10. The van der Waals surface area contributed by atoms with E-state index < -0.39 is 0 Å². The van der Waals surface area contributed by atoms with Gasteiger partial charge in [0.05, 0.1) is 21.9 Å². The predicted octanol–water partition coefficient (Wildman–Crippen LogP) is 5.71. The summed E-state index contributed by atoms with van der Waals surface area (Å²) in [5.74, 6) is 1.28. The second kappa shape index (κ2) is 6.53. The van der Waals surface area contributed by atoms with Crippen molar-refractivity contribution in [2.24, 2.45) is 0 Å². The van der Waals surface area contributed by atoms with Crippen LogP contribution in [0.3, 0.4) is 0 Å². The quantitative estimate of drug-likeness (QED) is 0.365. The first-order valence-corrected chi connectivity index (χ1v) is 9.48. The third kappa shape index (κ3) is 3.18. The fraction of sp³-hybridized carbons (Fsp3) is 0. The zero-order valence-electron chi connectivity index (χ0n) is 13.9. The second-order valence-corrected chi connectivity index (χ2v) is 7.31. The fourth-order valence-electron chi connectivity index (χ4n) is 2.82. The molecular weight excluding hydrogens is 380 g/mol. The molecule has 0 bridgehead atoms. The van der Waals surface area contributed by atoms with Crippen LogP contribution in [0.2, 0.25) is 5.02 Å². The van der Waals surface area contributed by atoms with Crippen molar-refractivity contribution < 1.29 is 0 Å². The lowest BCUT2D eigenvalue weighted by Crippen LogP contribution is -2.01. The van der Waals surface area contributed by atoms with Crippen molar-refractivity contribution in [3.05, 3.63) is 65.1 Å². The highest BCUT2D eigenvalue weighted by Crippen LogP contribution is 2.31. The van der Waals surface area contributed by atoms with Crippen molar-refractivity contribution in [2.45, 2.75) is 0 Å². The number of halogens is 1. The molecule has 8 heteroatoms. The van der Waals surface area contributed by atoms with Crippen molar-refractivity contribution in [1.82, 2.24) is 20.2 Å². The smallest absolute Gasteiger partial charge is 0.229 e. The van der Waals surface area contributed by atoms with Gasteiger partial charge in [-0.1, -0.05) is 11.6 Å². The minimum absolute atomic E-state index is 0.523. The monoisotopic (exact) mass is 392 g/mol. The first-order valence-electron chi connectivity index (χ1n) is 8.23. The van der Waals surface area contributed by atoms with Crippen LogP contribution in [-0.4, -0.2) is 20.2 Å². The first-order chi connectivity index (χ1) is 13.2. The molecule has 0 amide bonds. The maximum absolute atomic E-state index is 5.95. The number of fused-ring (bicyclic) bond motifs is 2. The van der Waals surface area contributed by atoms with E-state index in [0.29, 0.717) is 11.0 Å². The molecule has 0 unspecified atom stereocenters. The Balaban J connectivity index is 1.52. The molecule has 3 heterocycles. The van der Waals surface area contributed by atoms with Gasteiger partial charge in [-0.3, -0.25) is 5.10 Å². The normalized spacial score (nSPS) is 11.1. The van der Waals surface area contributed by atoms with Crippen LogP contribution < -0.4 is 10.6 Å². The molecule has 2 aromatic carbocycles. The van der Waals surface area contributed by atoms with Crippen molar-refractivity contribution in [1.29, 1.82) is 0 Å². The SMILES string of the molecule is Clc1ccc(Nc2nc(Nc3ccc4[nH]ncc4c3)c3sccc3n2)cc1. The highest BCUT2D eigenvalue weighted by atomic mass is 35.5. The number of hydrogen-bond acceptors (Lipinski definition) is 6. The van der Waals surface area contributed by atoms with Crippen LogP contribution in [0.4, 0.5) is 23.1 Å². The number of nitrogens with one attached hydrogen (secondary N) is 3. The minimum Gasteiger partial charge on any atom is -0.339 e. The van der Waals surface area contributed by atoms with E-state index in [1.54, 1.807) is 17.5 Å². The summed E-state index contributed by atoms with van der Waals surface area (Å²) in [6.07, 6.45) is 1.80. The number of anilines is 4. The number of hydrogen-bond donors (Lipinski definition) is 3. The number of thiophene rings is 1. The van der Waals surface area contributed by atoms with E-state index in [9.17, 15) is 0 Å². The molecule has 132 valence electrons. The van der Waals surface area contributed by atoms with Crippen LogP contribution in [-0.2, 0) is 0 Å². The van der Waals surface area contributed by atoms with Gasteiger partial charge in [0.15, 0.2) is 5.82 Å². The van der Waals surface area contributed by atoms with Gasteiger partial charge in [0, 0.05) is 21.8 Å². The van der Waals surface area contributed by atoms with Gasteiger partial charge < -0.3 is 10.6 Å². The van der Waals surface area contributed by atoms with Crippen LogP contribution >= 0.6 is 22.9 Å². The second-order valence-electron chi connectivity index (χ2n) is 5.96. The average molecular weight is 393 g/mol. The van der Waals surface area contributed by atoms with Crippen molar-refractivity contribution in [3.63, 3.8) is 0 Å². The molecule has 0 aliphatic carbocycles. The summed E-state index contributed by atoms with van der Waals surface area (Å²) in [6.45, 7) is 0. The summed E-state index contributed by atoms with van der Waals surface area (Å²) < 4.78 is 1.00. The zero-order valence-corrected chi connectivity index (χ0v) is 15.5. The van der Waals surface area contributed by atoms with Gasteiger partial charge in [-0.2, -0.15) is 10.1 Å². The van der Waals surface area contributed by atoms with Gasteiger partial charge in [0.1, 0.15) is 0 Å². The summed E-state index contributed by atoms with van der Waals surface area (Å²) in [5, 5.41) is 17.4. The zero-order chi connectivity index (χ0) is 18.2. The number of rotatable bonds is 4. The van der Waals surface area contributed by atoms with Crippen molar-refractivity contribution >= 4 is 67.2 Å². The molecule has 0 spiro atoms. The molecule has 0 atom stereocenters. The summed E-state index contributed by atoms with van der Waals surface area (Å²) >= 11 is 7.56. The Labute approximate surface area is 163 Å². The maximum Gasteiger partial charge on any atom is 0.229 e. The molecule has 0 aliphatic rings. The van der Waals surface area contributed by atoms with E-state index in [2.05, 4.69) is 30.8 Å². The lowest BCUT2D eigenvalue weighted by molar-refractivity contribution is 1.12. The molecule has 5 rings (SSSR count). The Morgan fingerprint density at radius 3 is 2.67 bits per heavy atom. The van der Waals surface area contributed by atoms with Crippen molar-refractivity contribution in [2.75, 3.05) is 10.6 Å². The van der Waals surface area contributed by atoms with Crippen LogP contribution in [0.1, 0.15) is 0 Å². The number of H-pyrrole nitrogens is 1. The Hall–Kier alpha value is -3.16. The van der Waals surface area contributed by atoms with E-state index in [1.165, 1.54) is 0 Å². The van der Waals surface area contributed by atoms with Crippen LogP contribution in [0.5, 0.6) is 0 Å². The van der Waals surface area contributed by atoms with Gasteiger partial charge in [-0.15, -0.1) is 11.3 Å². The number of aromatic nitrogens is 4. The Morgan fingerprint density at radius 1 is 0.926 bits per heavy atom. The Bertz CT molecular complexity index is 1240. The van der Waals surface area contributed by atoms with Gasteiger partial charge in [-0.25, -0.2) is 4.98 Å². The summed E-state index contributed by atoms with van der Waals surface area (Å²) in [5.41, 5.74) is 3.70. The fourth-order valence-corrected chi connectivity index (χ4v) is 3.73. The molecule has 0 radical (unpaired) electrons. The maximum atomic E-state index is 5.95. The number of nitrogens with zero attached hydrogens (tertiary/aromatic N) is 3. The molecule has 3 aromatic heterocycles. The van der Waals surface area contributed by atoms with E-state index in [0.717, 1.165) is 38.3 Å². The first kappa shape index (κ1) is 16.0. The van der Waals surface area contributed by atoms with E-state index in [-0.39, 0.29) is 0 Å².